The van der Waals surface area contributed by atoms with E-state index in [0.29, 0.717) is 17.9 Å². The molecule has 0 spiro atoms. The number of carbonyl (C=O) groups excluding carboxylic acids is 1. The Hall–Kier alpha value is -1.65. The number of rotatable bonds is 14. The Kier molecular flexibility index (Phi) is 10.9. The van der Waals surface area contributed by atoms with Crippen molar-refractivity contribution in [1.82, 2.24) is 4.90 Å². The number of hydrogen-bond donors (Lipinski definition) is 1. The topological polar surface area (TPSA) is 40.5 Å². The van der Waals surface area contributed by atoms with E-state index < -0.39 is 0 Å². The van der Waals surface area contributed by atoms with E-state index in [1.807, 2.05) is 29.6 Å². The molecule has 32 heavy (non-hydrogen) atoms. The number of phenolic OH excluding ortho intramolecular Hbond substituents is 1. The van der Waals surface area contributed by atoms with Crippen molar-refractivity contribution < 1.29 is 9.90 Å². The predicted molar refractivity (Wildman–Crippen MR) is 138 cm³/mol. The lowest BCUT2D eigenvalue weighted by Gasteiger charge is -2.27. The van der Waals surface area contributed by atoms with Crippen LogP contribution in [-0.2, 0) is 12.0 Å². The minimum absolute atomic E-state index is 0.0455. The van der Waals surface area contributed by atoms with Gasteiger partial charge in [0, 0.05) is 23.2 Å². The summed E-state index contributed by atoms with van der Waals surface area (Å²) >= 11 is 1.47. The fourth-order valence-corrected chi connectivity index (χ4v) is 4.79. The molecule has 0 aliphatic carbocycles. The maximum atomic E-state index is 13.1. The first-order valence-electron chi connectivity index (χ1n) is 12.4. The van der Waals surface area contributed by atoms with Crippen LogP contribution >= 0.6 is 11.3 Å². The van der Waals surface area contributed by atoms with Gasteiger partial charge in [-0.1, -0.05) is 79.2 Å². The third-order valence-corrected chi connectivity index (χ3v) is 6.92. The van der Waals surface area contributed by atoms with Crippen molar-refractivity contribution in [2.24, 2.45) is 0 Å². The summed E-state index contributed by atoms with van der Waals surface area (Å²) in [6.07, 6.45) is 9.88. The predicted octanol–water partition coefficient (Wildman–Crippen LogP) is 7.94. The maximum absolute atomic E-state index is 13.1. The number of hydrogen-bond acceptors (Lipinski definition) is 4. The summed E-state index contributed by atoms with van der Waals surface area (Å²) < 4.78 is 0. The monoisotopic (exact) mass is 457 g/mol. The molecule has 0 saturated heterocycles. The molecule has 0 bridgehead atoms. The summed E-state index contributed by atoms with van der Waals surface area (Å²) in [5.74, 6) is 0.400. The first kappa shape index (κ1) is 26.6. The molecule has 2 aromatic rings. The van der Waals surface area contributed by atoms with Gasteiger partial charge < -0.3 is 5.11 Å². The molecule has 1 heterocycles. The van der Waals surface area contributed by atoms with E-state index in [1.165, 1.54) is 62.7 Å². The second kappa shape index (κ2) is 13.2. The standard InChI is InChI=1S/C28H43NO2S/c1-6-8-10-12-16-29(17-13-11-9-7-2)21-23-19-22(27(31)25-15-14-18-32-25)20-24(26(23)30)28(3,4)5/h14-15,18-20,30H,6-13,16-17,21H2,1-5H3. The van der Waals surface area contributed by atoms with Crippen molar-refractivity contribution in [3.05, 3.63) is 51.2 Å². The van der Waals surface area contributed by atoms with Crippen LogP contribution in [0.3, 0.4) is 0 Å². The van der Waals surface area contributed by atoms with Crippen LogP contribution in [0.15, 0.2) is 29.6 Å². The van der Waals surface area contributed by atoms with Crippen molar-refractivity contribution in [3.63, 3.8) is 0 Å². The first-order chi connectivity index (χ1) is 15.3. The van der Waals surface area contributed by atoms with E-state index in [9.17, 15) is 9.90 Å². The van der Waals surface area contributed by atoms with Gasteiger partial charge in [0.1, 0.15) is 5.75 Å². The Bertz CT molecular complexity index is 809. The largest absolute Gasteiger partial charge is 0.507 e. The second-order valence-electron chi connectivity index (χ2n) is 9.99. The molecule has 0 atom stereocenters. The smallest absolute Gasteiger partial charge is 0.202 e. The van der Waals surface area contributed by atoms with Gasteiger partial charge in [-0.2, -0.15) is 0 Å². The summed E-state index contributed by atoms with van der Waals surface area (Å²) in [7, 11) is 0. The van der Waals surface area contributed by atoms with Crippen LogP contribution in [0.1, 0.15) is 112 Å². The van der Waals surface area contributed by atoms with Crippen LogP contribution in [0.5, 0.6) is 5.75 Å². The van der Waals surface area contributed by atoms with Crippen LogP contribution in [0.4, 0.5) is 0 Å². The normalized spacial score (nSPS) is 11.9. The number of unbranched alkanes of at least 4 members (excludes halogenated alkanes) is 6. The van der Waals surface area contributed by atoms with Gasteiger partial charge in [-0.25, -0.2) is 0 Å². The molecular weight excluding hydrogens is 414 g/mol. The molecule has 2 rings (SSSR count). The van der Waals surface area contributed by atoms with Crippen molar-refractivity contribution in [1.29, 1.82) is 0 Å². The third kappa shape index (κ3) is 8.04. The number of benzene rings is 1. The van der Waals surface area contributed by atoms with Crippen molar-refractivity contribution in [2.75, 3.05) is 13.1 Å². The summed E-state index contributed by atoms with van der Waals surface area (Å²) in [4.78, 5) is 16.4. The van der Waals surface area contributed by atoms with Gasteiger partial charge in [-0.3, -0.25) is 9.69 Å². The second-order valence-corrected chi connectivity index (χ2v) is 10.9. The van der Waals surface area contributed by atoms with Gasteiger partial charge in [0.25, 0.3) is 0 Å². The van der Waals surface area contributed by atoms with E-state index in [-0.39, 0.29) is 11.2 Å². The summed E-state index contributed by atoms with van der Waals surface area (Å²) in [6, 6.07) is 7.62. The van der Waals surface area contributed by atoms with Gasteiger partial charge in [0.15, 0.2) is 0 Å². The van der Waals surface area contributed by atoms with Crippen molar-refractivity contribution >= 4 is 17.1 Å². The zero-order valence-electron chi connectivity index (χ0n) is 20.9. The lowest BCUT2D eigenvalue weighted by Crippen LogP contribution is -2.26. The molecule has 1 aromatic heterocycles. The van der Waals surface area contributed by atoms with E-state index >= 15 is 0 Å². The molecule has 178 valence electrons. The Morgan fingerprint density at radius 1 is 0.969 bits per heavy atom. The summed E-state index contributed by atoms with van der Waals surface area (Å²) in [6.45, 7) is 13.5. The van der Waals surface area contributed by atoms with E-state index in [2.05, 4.69) is 39.5 Å². The molecule has 0 aliphatic rings. The van der Waals surface area contributed by atoms with E-state index in [1.54, 1.807) is 0 Å². The van der Waals surface area contributed by atoms with E-state index in [0.717, 1.165) is 29.1 Å². The van der Waals surface area contributed by atoms with Crippen LogP contribution in [-0.4, -0.2) is 28.9 Å². The summed E-state index contributed by atoms with van der Waals surface area (Å²) in [5.41, 5.74) is 2.18. The maximum Gasteiger partial charge on any atom is 0.202 e. The summed E-state index contributed by atoms with van der Waals surface area (Å²) in [5, 5.41) is 13.1. The fourth-order valence-electron chi connectivity index (χ4n) is 4.10. The Morgan fingerprint density at radius 3 is 2.09 bits per heavy atom. The Labute approximate surface area is 199 Å². The molecule has 0 radical (unpaired) electrons. The van der Waals surface area contributed by atoms with Crippen molar-refractivity contribution in [3.8, 4) is 5.75 Å². The Morgan fingerprint density at radius 2 is 1.59 bits per heavy atom. The molecule has 0 saturated carbocycles. The van der Waals surface area contributed by atoms with Crippen molar-refractivity contribution in [2.45, 2.75) is 97.9 Å². The highest BCUT2D eigenvalue weighted by Crippen LogP contribution is 2.36. The molecular formula is C28H43NO2S. The van der Waals surface area contributed by atoms with Crippen LogP contribution in [0.2, 0.25) is 0 Å². The minimum Gasteiger partial charge on any atom is -0.507 e. The SMILES string of the molecule is CCCCCCN(CCCCCC)Cc1cc(C(=O)c2cccs2)cc(C(C)(C)C)c1O. The molecule has 0 unspecified atom stereocenters. The number of ketones is 1. The van der Waals surface area contributed by atoms with Crippen LogP contribution in [0.25, 0.3) is 0 Å². The highest BCUT2D eigenvalue weighted by atomic mass is 32.1. The number of nitrogens with zero attached hydrogens (tertiary/aromatic N) is 1. The van der Waals surface area contributed by atoms with Gasteiger partial charge >= 0.3 is 0 Å². The van der Waals surface area contributed by atoms with Gasteiger partial charge in [0.05, 0.1) is 4.88 Å². The number of aromatic hydroxyl groups is 1. The van der Waals surface area contributed by atoms with E-state index in [4.69, 9.17) is 0 Å². The van der Waals surface area contributed by atoms with Crippen LogP contribution in [0, 0.1) is 0 Å². The molecule has 0 amide bonds. The quantitative estimate of drug-likeness (QED) is 0.231. The number of thiophene rings is 1. The van der Waals surface area contributed by atoms with Crippen LogP contribution < -0.4 is 0 Å². The zero-order chi connectivity index (χ0) is 23.6. The molecule has 3 nitrogen and oxygen atoms in total. The average Bonchev–Trinajstić information content (AvgIpc) is 3.28. The van der Waals surface area contributed by atoms with Gasteiger partial charge in [-0.05, 0) is 54.9 Å². The highest BCUT2D eigenvalue weighted by molar-refractivity contribution is 7.12. The van der Waals surface area contributed by atoms with Gasteiger partial charge in [0.2, 0.25) is 5.78 Å². The fraction of sp³-hybridized carbons (Fsp3) is 0.607. The third-order valence-electron chi connectivity index (χ3n) is 6.05. The molecule has 1 aromatic carbocycles. The lowest BCUT2D eigenvalue weighted by atomic mass is 9.83. The molecule has 4 heteroatoms. The highest BCUT2D eigenvalue weighted by Gasteiger charge is 2.24. The first-order valence-corrected chi connectivity index (χ1v) is 13.3. The average molecular weight is 458 g/mol. The molecule has 0 fully saturated rings. The molecule has 0 aliphatic heterocycles. The lowest BCUT2D eigenvalue weighted by molar-refractivity contribution is 0.104. The zero-order valence-corrected chi connectivity index (χ0v) is 21.7. The Balaban J connectivity index is 2.31. The minimum atomic E-state index is -0.238. The number of phenols is 1. The number of carbonyl (C=O) groups is 1. The van der Waals surface area contributed by atoms with Gasteiger partial charge in [-0.15, -0.1) is 11.3 Å². The molecule has 1 N–H and O–H groups in total.